The van der Waals surface area contributed by atoms with E-state index in [2.05, 4.69) is 48.8 Å². The van der Waals surface area contributed by atoms with Crippen LogP contribution in [0.5, 0.6) is 5.75 Å². The zero-order valence-corrected chi connectivity index (χ0v) is 13.1. The molecule has 0 heterocycles. The van der Waals surface area contributed by atoms with Gasteiger partial charge in [-0.15, -0.1) is 11.6 Å². The van der Waals surface area contributed by atoms with Crippen LogP contribution >= 0.6 is 27.5 Å². The fraction of sp³-hybridized carbons (Fsp3) is 0.571. The summed E-state index contributed by atoms with van der Waals surface area (Å²) in [5, 5.41) is 0. The fourth-order valence-electron chi connectivity index (χ4n) is 1.63. The lowest BCUT2D eigenvalue weighted by Crippen LogP contribution is -2.17. The normalized spacial score (nSPS) is 11.6. The quantitative estimate of drug-likeness (QED) is 0.659. The van der Waals surface area contributed by atoms with Crippen LogP contribution in [0.25, 0.3) is 0 Å². The van der Waals surface area contributed by atoms with Crippen LogP contribution in [0.1, 0.15) is 39.2 Å². The van der Waals surface area contributed by atoms with Crippen LogP contribution in [0.15, 0.2) is 22.7 Å². The highest BCUT2D eigenvalue weighted by Crippen LogP contribution is 2.33. The maximum Gasteiger partial charge on any atom is 0.133 e. The van der Waals surface area contributed by atoms with Crippen LogP contribution in [0.2, 0.25) is 0 Å². The summed E-state index contributed by atoms with van der Waals surface area (Å²) in [6.45, 7) is 7.28. The van der Waals surface area contributed by atoms with E-state index >= 15 is 0 Å². The molecule has 1 rings (SSSR count). The first-order chi connectivity index (χ1) is 8.01. The van der Waals surface area contributed by atoms with Gasteiger partial charge in [0, 0.05) is 5.88 Å². The predicted molar refractivity (Wildman–Crippen MR) is 78.3 cm³/mol. The Bertz CT molecular complexity index is 363. The molecule has 3 heteroatoms. The Morgan fingerprint density at radius 3 is 2.59 bits per heavy atom. The molecule has 0 fully saturated rings. The van der Waals surface area contributed by atoms with Gasteiger partial charge in [-0.25, -0.2) is 0 Å². The summed E-state index contributed by atoms with van der Waals surface area (Å²) in [6, 6.07) is 6.30. The van der Waals surface area contributed by atoms with Crippen LogP contribution in [-0.4, -0.2) is 12.5 Å². The molecule has 0 aliphatic heterocycles. The van der Waals surface area contributed by atoms with Gasteiger partial charge in [-0.1, -0.05) is 26.8 Å². The van der Waals surface area contributed by atoms with Crippen LogP contribution in [0.3, 0.4) is 0 Å². The molecule has 0 saturated carbocycles. The SMILES string of the molecule is CCCOc1ccc(C(C)(C)CCCl)cc1Br. The van der Waals surface area contributed by atoms with E-state index in [9.17, 15) is 0 Å². The zero-order chi connectivity index (χ0) is 12.9. The molecule has 0 aliphatic carbocycles. The van der Waals surface area contributed by atoms with Crippen molar-refractivity contribution in [1.29, 1.82) is 0 Å². The average molecular weight is 320 g/mol. The maximum atomic E-state index is 5.84. The van der Waals surface area contributed by atoms with Crippen LogP contribution in [0.4, 0.5) is 0 Å². The molecule has 0 radical (unpaired) electrons. The standard InChI is InChI=1S/C14H20BrClO/c1-4-9-17-13-6-5-11(10-12(13)15)14(2,3)7-8-16/h5-6,10H,4,7-9H2,1-3H3. The first-order valence-electron chi connectivity index (χ1n) is 6.00. The number of ether oxygens (including phenoxy) is 1. The monoisotopic (exact) mass is 318 g/mol. The van der Waals surface area contributed by atoms with Gasteiger partial charge >= 0.3 is 0 Å². The van der Waals surface area contributed by atoms with E-state index in [1.54, 1.807) is 0 Å². The van der Waals surface area contributed by atoms with Gasteiger partial charge in [0.15, 0.2) is 0 Å². The van der Waals surface area contributed by atoms with Crippen molar-refractivity contribution in [2.75, 3.05) is 12.5 Å². The predicted octanol–water partition coefficient (Wildman–Crippen LogP) is 5.14. The number of benzene rings is 1. The highest BCUT2D eigenvalue weighted by atomic mass is 79.9. The summed E-state index contributed by atoms with van der Waals surface area (Å²) in [7, 11) is 0. The van der Waals surface area contributed by atoms with Crippen molar-refractivity contribution in [2.45, 2.75) is 39.0 Å². The summed E-state index contributed by atoms with van der Waals surface area (Å²) < 4.78 is 6.66. The van der Waals surface area contributed by atoms with Gasteiger partial charge in [0.05, 0.1) is 11.1 Å². The highest BCUT2D eigenvalue weighted by molar-refractivity contribution is 9.10. The first kappa shape index (κ1) is 14.8. The van der Waals surface area contributed by atoms with Gasteiger partial charge in [-0.05, 0) is 51.9 Å². The minimum absolute atomic E-state index is 0.105. The molecular weight excluding hydrogens is 300 g/mol. The van der Waals surface area contributed by atoms with Crippen LogP contribution < -0.4 is 4.74 Å². The van der Waals surface area contributed by atoms with E-state index in [4.69, 9.17) is 16.3 Å². The average Bonchev–Trinajstić information content (AvgIpc) is 2.27. The molecule has 17 heavy (non-hydrogen) atoms. The molecule has 1 aromatic carbocycles. The Balaban J connectivity index is 2.88. The number of alkyl halides is 1. The molecule has 0 unspecified atom stereocenters. The molecular formula is C14H20BrClO. The van der Waals surface area contributed by atoms with Crippen LogP contribution in [0, 0.1) is 0 Å². The van der Waals surface area contributed by atoms with Gasteiger partial charge in [-0.2, -0.15) is 0 Å². The minimum atomic E-state index is 0.105. The van der Waals surface area contributed by atoms with E-state index in [0.29, 0.717) is 5.88 Å². The summed E-state index contributed by atoms with van der Waals surface area (Å²) >= 11 is 9.40. The number of hydrogen-bond donors (Lipinski definition) is 0. The molecule has 1 nitrogen and oxygen atoms in total. The molecule has 96 valence electrons. The number of hydrogen-bond acceptors (Lipinski definition) is 1. The molecule has 0 atom stereocenters. The summed E-state index contributed by atoms with van der Waals surface area (Å²) in [5.74, 6) is 1.59. The van der Waals surface area contributed by atoms with Crippen molar-refractivity contribution in [3.8, 4) is 5.75 Å². The maximum absolute atomic E-state index is 5.84. The third kappa shape index (κ3) is 4.18. The van der Waals surface area contributed by atoms with Gasteiger partial charge in [-0.3, -0.25) is 0 Å². The number of halogens is 2. The second kappa shape index (κ2) is 6.65. The Kier molecular flexibility index (Phi) is 5.81. The van der Waals surface area contributed by atoms with E-state index in [1.165, 1.54) is 5.56 Å². The zero-order valence-electron chi connectivity index (χ0n) is 10.7. The van der Waals surface area contributed by atoms with Crippen molar-refractivity contribution in [2.24, 2.45) is 0 Å². The largest absolute Gasteiger partial charge is 0.492 e. The molecule has 0 saturated heterocycles. The van der Waals surface area contributed by atoms with E-state index in [0.717, 1.165) is 29.7 Å². The Labute approximate surface area is 118 Å². The Hall–Kier alpha value is -0.210. The third-order valence-corrected chi connectivity index (χ3v) is 3.70. The van der Waals surface area contributed by atoms with Gasteiger partial charge in [0.2, 0.25) is 0 Å². The van der Waals surface area contributed by atoms with Gasteiger partial charge in [0.25, 0.3) is 0 Å². The van der Waals surface area contributed by atoms with Gasteiger partial charge in [0.1, 0.15) is 5.75 Å². The van der Waals surface area contributed by atoms with Crippen molar-refractivity contribution in [3.05, 3.63) is 28.2 Å². The molecule has 0 aliphatic rings. The van der Waals surface area contributed by atoms with Crippen molar-refractivity contribution in [1.82, 2.24) is 0 Å². The summed E-state index contributed by atoms with van der Waals surface area (Å²) in [5.41, 5.74) is 1.39. The van der Waals surface area contributed by atoms with Crippen molar-refractivity contribution in [3.63, 3.8) is 0 Å². The first-order valence-corrected chi connectivity index (χ1v) is 7.33. The lowest BCUT2D eigenvalue weighted by Gasteiger charge is -2.25. The van der Waals surface area contributed by atoms with E-state index in [1.807, 2.05) is 6.07 Å². The lowest BCUT2D eigenvalue weighted by molar-refractivity contribution is 0.315. The second-order valence-electron chi connectivity index (χ2n) is 4.82. The minimum Gasteiger partial charge on any atom is -0.492 e. The summed E-state index contributed by atoms with van der Waals surface area (Å²) in [4.78, 5) is 0. The Morgan fingerprint density at radius 1 is 1.35 bits per heavy atom. The molecule has 0 bridgehead atoms. The third-order valence-electron chi connectivity index (χ3n) is 2.89. The Morgan fingerprint density at radius 2 is 2.06 bits per heavy atom. The van der Waals surface area contributed by atoms with E-state index in [-0.39, 0.29) is 5.41 Å². The fourth-order valence-corrected chi connectivity index (χ4v) is 2.60. The molecule has 1 aromatic rings. The molecule has 0 amide bonds. The molecule has 0 N–H and O–H groups in total. The van der Waals surface area contributed by atoms with Gasteiger partial charge < -0.3 is 4.74 Å². The highest BCUT2D eigenvalue weighted by Gasteiger charge is 2.20. The van der Waals surface area contributed by atoms with Crippen molar-refractivity contribution < 1.29 is 4.74 Å². The lowest BCUT2D eigenvalue weighted by atomic mass is 9.82. The summed E-state index contributed by atoms with van der Waals surface area (Å²) in [6.07, 6.45) is 1.99. The van der Waals surface area contributed by atoms with Crippen LogP contribution in [-0.2, 0) is 5.41 Å². The molecule has 0 aromatic heterocycles. The second-order valence-corrected chi connectivity index (χ2v) is 6.05. The van der Waals surface area contributed by atoms with E-state index < -0.39 is 0 Å². The smallest absolute Gasteiger partial charge is 0.133 e. The van der Waals surface area contributed by atoms with Crippen molar-refractivity contribution >= 4 is 27.5 Å². The topological polar surface area (TPSA) is 9.23 Å². The number of rotatable bonds is 6. The molecule has 0 spiro atoms.